The fourth-order valence-corrected chi connectivity index (χ4v) is 5.34. The fourth-order valence-electron chi connectivity index (χ4n) is 5.34. The number of nitrogens with zero attached hydrogens (tertiary/aromatic N) is 1. The van der Waals surface area contributed by atoms with Gasteiger partial charge >= 0.3 is 0 Å². The summed E-state index contributed by atoms with van der Waals surface area (Å²) in [6.07, 6.45) is 3.97. The van der Waals surface area contributed by atoms with E-state index in [2.05, 4.69) is 47.4 Å². The van der Waals surface area contributed by atoms with Crippen LogP contribution in [0.4, 0.5) is 0 Å². The Morgan fingerprint density at radius 2 is 1.54 bits per heavy atom. The van der Waals surface area contributed by atoms with Crippen molar-refractivity contribution < 1.29 is 18.9 Å². The molecule has 1 fully saturated rings. The van der Waals surface area contributed by atoms with Crippen molar-refractivity contribution in [2.75, 3.05) is 47.1 Å². The zero-order chi connectivity index (χ0) is 24.0. The molecule has 0 bridgehead atoms. The Morgan fingerprint density at radius 3 is 2.31 bits per heavy atom. The summed E-state index contributed by atoms with van der Waals surface area (Å²) in [6.45, 7) is 4.70. The Balaban J connectivity index is 1.38. The van der Waals surface area contributed by atoms with E-state index in [9.17, 15) is 0 Å². The number of hydrogen-bond acceptors (Lipinski definition) is 5. The minimum absolute atomic E-state index is 0.152. The van der Waals surface area contributed by atoms with Crippen molar-refractivity contribution in [1.82, 2.24) is 4.90 Å². The first-order valence-corrected chi connectivity index (χ1v) is 12.6. The van der Waals surface area contributed by atoms with Crippen molar-refractivity contribution in [2.45, 2.75) is 31.1 Å². The minimum Gasteiger partial charge on any atom is -0.497 e. The van der Waals surface area contributed by atoms with Gasteiger partial charge in [0, 0.05) is 30.0 Å². The van der Waals surface area contributed by atoms with Crippen molar-refractivity contribution in [3.63, 3.8) is 0 Å². The van der Waals surface area contributed by atoms with Crippen LogP contribution in [0.2, 0.25) is 0 Å². The Kier molecular flexibility index (Phi) is 7.43. The van der Waals surface area contributed by atoms with E-state index in [0.717, 1.165) is 36.1 Å². The fraction of sp³-hybridized carbons (Fsp3) is 0.400. The summed E-state index contributed by atoms with van der Waals surface area (Å²) in [6, 6.07) is 23.1. The number of rotatable bonds is 8. The second-order valence-electron chi connectivity index (χ2n) is 9.40. The number of methoxy groups -OCH3 is 2. The molecular formula is C30H35NO4. The molecule has 0 spiro atoms. The van der Waals surface area contributed by atoms with Gasteiger partial charge in [-0.3, -0.25) is 4.90 Å². The molecule has 3 aromatic carbocycles. The smallest absolute Gasteiger partial charge is 0.126 e. The molecule has 0 N–H and O–H groups in total. The highest BCUT2D eigenvalue weighted by Crippen LogP contribution is 2.47. The van der Waals surface area contributed by atoms with Crippen molar-refractivity contribution >= 4 is 0 Å². The molecule has 0 amide bonds. The maximum absolute atomic E-state index is 6.24. The predicted molar refractivity (Wildman–Crippen MR) is 138 cm³/mol. The van der Waals surface area contributed by atoms with Gasteiger partial charge in [0.2, 0.25) is 0 Å². The van der Waals surface area contributed by atoms with E-state index in [0.29, 0.717) is 6.61 Å². The quantitative estimate of drug-likeness (QED) is 0.409. The van der Waals surface area contributed by atoms with Gasteiger partial charge in [0.15, 0.2) is 0 Å². The minimum atomic E-state index is 0.152. The lowest BCUT2D eigenvalue weighted by Crippen LogP contribution is -2.33. The monoisotopic (exact) mass is 473 g/mol. The molecular weight excluding hydrogens is 438 g/mol. The van der Waals surface area contributed by atoms with Crippen molar-refractivity contribution in [1.29, 1.82) is 0 Å². The van der Waals surface area contributed by atoms with Gasteiger partial charge in [-0.05, 0) is 67.4 Å². The molecule has 5 rings (SSSR count). The van der Waals surface area contributed by atoms with Gasteiger partial charge in [0.25, 0.3) is 0 Å². The number of fused-ring (bicyclic) bond motifs is 1. The van der Waals surface area contributed by atoms with Gasteiger partial charge in [-0.25, -0.2) is 0 Å². The average molecular weight is 474 g/mol. The average Bonchev–Trinajstić information content (AvgIpc) is 2.93. The van der Waals surface area contributed by atoms with Crippen LogP contribution >= 0.6 is 0 Å². The summed E-state index contributed by atoms with van der Waals surface area (Å²) in [5.41, 5.74) is 3.62. The lowest BCUT2D eigenvalue weighted by atomic mass is 9.76. The highest BCUT2D eigenvalue weighted by atomic mass is 16.5. The first kappa shape index (κ1) is 23.6. The van der Waals surface area contributed by atoms with Crippen LogP contribution < -0.4 is 18.9 Å². The largest absolute Gasteiger partial charge is 0.497 e. The lowest BCUT2D eigenvalue weighted by Gasteiger charge is -2.35. The Labute approximate surface area is 208 Å². The molecule has 1 saturated heterocycles. The SMILES string of the molecule is COc1cccc(C2COc3cc(OC)ccc3C2c2ccc(OCCN3CCCCC3)cc2)c1. The van der Waals surface area contributed by atoms with Crippen LogP contribution in [0.25, 0.3) is 0 Å². The van der Waals surface area contributed by atoms with E-state index in [-0.39, 0.29) is 11.8 Å². The van der Waals surface area contributed by atoms with E-state index in [1.807, 2.05) is 24.3 Å². The predicted octanol–water partition coefficient (Wildman–Crippen LogP) is 5.88. The summed E-state index contributed by atoms with van der Waals surface area (Å²) in [5, 5.41) is 0. The second kappa shape index (κ2) is 11.0. The molecule has 0 aromatic heterocycles. The molecule has 35 heavy (non-hydrogen) atoms. The summed E-state index contributed by atoms with van der Waals surface area (Å²) in [4.78, 5) is 2.50. The summed E-state index contributed by atoms with van der Waals surface area (Å²) in [5.74, 6) is 3.79. The highest BCUT2D eigenvalue weighted by molar-refractivity contribution is 5.51. The first-order chi connectivity index (χ1) is 17.2. The molecule has 5 nitrogen and oxygen atoms in total. The standard InChI is InChI=1S/C30H35NO4/c1-32-25-8-6-7-23(19-25)28-21-35-29-20-26(33-2)13-14-27(29)30(28)22-9-11-24(12-10-22)34-18-17-31-15-4-3-5-16-31/h6-14,19-20,28,30H,3-5,15-18,21H2,1-2H3. The molecule has 2 unspecified atom stereocenters. The maximum atomic E-state index is 6.24. The van der Waals surface area contributed by atoms with E-state index >= 15 is 0 Å². The number of benzene rings is 3. The van der Waals surface area contributed by atoms with Crippen LogP contribution in [0.1, 0.15) is 47.8 Å². The summed E-state index contributed by atoms with van der Waals surface area (Å²) < 4.78 is 23.3. The van der Waals surface area contributed by atoms with Crippen LogP contribution in [0, 0.1) is 0 Å². The van der Waals surface area contributed by atoms with Gasteiger partial charge < -0.3 is 18.9 Å². The number of piperidine rings is 1. The molecule has 0 saturated carbocycles. The molecule has 0 radical (unpaired) electrons. The van der Waals surface area contributed by atoms with Crippen molar-refractivity contribution in [2.24, 2.45) is 0 Å². The van der Waals surface area contributed by atoms with E-state index in [1.54, 1.807) is 14.2 Å². The van der Waals surface area contributed by atoms with E-state index in [1.165, 1.54) is 49.0 Å². The van der Waals surface area contributed by atoms with Crippen LogP contribution in [0.5, 0.6) is 23.0 Å². The Morgan fingerprint density at radius 1 is 0.800 bits per heavy atom. The number of ether oxygens (including phenoxy) is 4. The maximum Gasteiger partial charge on any atom is 0.126 e. The molecule has 5 heteroatoms. The second-order valence-corrected chi connectivity index (χ2v) is 9.40. The normalized spacial score (nSPS) is 19.9. The summed E-state index contributed by atoms with van der Waals surface area (Å²) in [7, 11) is 3.39. The van der Waals surface area contributed by atoms with Gasteiger partial charge in [0.05, 0.1) is 20.8 Å². The molecule has 2 aliphatic rings. The molecule has 2 heterocycles. The highest BCUT2D eigenvalue weighted by Gasteiger charge is 2.34. The van der Waals surface area contributed by atoms with Crippen molar-refractivity contribution in [3.8, 4) is 23.0 Å². The third kappa shape index (κ3) is 5.40. The van der Waals surface area contributed by atoms with Crippen LogP contribution in [-0.4, -0.2) is 52.0 Å². The van der Waals surface area contributed by atoms with Crippen LogP contribution in [0.15, 0.2) is 66.7 Å². The third-order valence-electron chi connectivity index (χ3n) is 7.26. The number of hydrogen-bond donors (Lipinski definition) is 0. The molecule has 184 valence electrons. The zero-order valence-corrected chi connectivity index (χ0v) is 20.7. The Bertz CT molecular complexity index is 1110. The molecule has 2 aliphatic heterocycles. The van der Waals surface area contributed by atoms with E-state index in [4.69, 9.17) is 18.9 Å². The topological polar surface area (TPSA) is 40.2 Å². The zero-order valence-electron chi connectivity index (χ0n) is 20.7. The van der Waals surface area contributed by atoms with Gasteiger partial charge in [-0.1, -0.05) is 36.8 Å². The van der Waals surface area contributed by atoms with Crippen LogP contribution in [-0.2, 0) is 0 Å². The molecule has 0 aliphatic carbocycles. The molecule has 3 aromatic rings. The Hall–Kier alpha value is -3.18. The lowest BCUT2D eigenvalue weighted by molar-refractivity contribution is 0.183. The van der Waals surface area contributed by atoms with Gasteiger partial charge in [-0.2, -0.15) is 0 Å². The van der Waals surface area contributed by atoms with Gasteiger partial charge in [-0.15, -0.1) is 0 Å². The van der Waals surface area contributed by atoms with E-state index < -0.39 is 0 Å². The van der Waals surface area contributed by atoms with Crippen molar-refractivity contribution in [3.05, 3.63) is 83.4 Å². The van der Waals surface area contributed by atoms with Crippen LogP contribution in [0.3, 0.4) is 0 Å². The molecule has 2 atom stereocenters. The first-order valence-electron chi connectivity index (χ1n) is 12.6. The third-order valence-corrected chi connectivity index (χ3v) is 7.26. The summed E-state index contributed by atoms with van der Waals surface area (Å²) >= 11 is 0. The number of likely N-dealkylation sites (tertiary alicyclic amines) is 1. The van der Waals surface area contributed by atoms with Gasteiger partial charge in [0.1, 0.15) is 29.6 Å².